The molecule has 2 atom stereocenters. The van der Waals surface area contributed by atoms with Crippen molar-refractivity contribution in [2.24, 2.45) is 0 Å². The zero-order chi connectivity index (χ0) is 48.6. The lowest BCUT2D eigenvalue weighted by Gasteiger charge is -2.20. The fourth-order valence-corrected chi connectivity index (χ4v) is 8.78. The molecule has 0 saturated heterocycles. The molecule has 67 heavy (non-hydrogen) atoms. The number of carbonyl (C=O) groups is 2. The monoisotopic (exact) mass is 940 g/mol. The second-order valence-corrected chi connectivity index (χ2v) is 20.0. The lowest BCUT2D eigenvalue weighted by atomic mass is 10.0. The zero-order valence-electron chi connectivity index (χ0n) is 44.6. The van der Waals surface area contributed by atoms with Crippen LogP contribution in [0, 0.1) is 0 Å². The Labute approximate surface area is 416 Å². The van der Waals surface area contributed by atoms with Crippen LogP contribution in [0.25, 0.3) is 0 Å². The van der Waals surface area contributed by atoms with Gasteiger partial charge in [0.05, 0.1) is 25.4 Å². The van der Waals surface area contributed by atoms with Crippen molar-refractivity contribution in [2.45, 2.75) is 315 Å². The molecule has 0 aromatic rings. The molecule has 392 valence electrons. The number of carbonyl (C=O) groups excluding carboxylic acids is 2. The van der Waals surface area contributed by atoms with Gasteiger partial charge >= 0.3 is 5.97 Å². The molecular formula is C61H113NO5. The van der Waals surface area contributed by atoms with Crippen LogP contribution in [0.3, 0.4) is 0 Å². The van der Waals surface area contributed by atoms with E-state index in [1.165, 1.54) is 218 Å². The molecule has 6 nitrogen and oxygen atoms in total. The van der Waals surface area contributed by atoms with E-state index in [2.05, 4.69) is 55.6 Å². The molecule has 0 aliphatic heterocycles. The maximum atomic E-state index is 12.5. The largest absolute Gasteiger partial charge is 0.466 e. The first-order chi connectivity index (χ1) is 33.0. The third kappa shape index (κ3) is 53.0. The summed E-state index contributed by atoms with van der Waals surface area (Å²) in [5.41, 5.74) is 0. The molecule has 3 N–H and O–H groups in total. The minimum atomic E-state index is -0.851. The smallest absolute Gasteiger partial charge is 0.305 e. The van der Waals surface area contributed by atoms with E-state index in [-0.39, 0.29) is 18.5 Å². The maximum Gasteiger partial charge on any atom is 0.305 e. The van der Waals surface area contributed by atoms with Gasteiger partial charge in [-0.2, -0.15) is 0 Å². The Hall–Kier alpha value is -2.18. The van der Waals surface area contributed by atoms with Gasteiger partial charge in [-0.15, -0.1) is 0 Å². The van der Waals surface area contributed by atoms with Gasteiger partial charge in [0.25, 0.3) is 0 Å². The second kappa shape index (κ2) is 56.4. The van der Waals surface area contributed by atoms with E-state index in [4.69, 9.17) is 4.74 Å². The summed E-state index contributed by atoms with van der Waals surface area (Å²) in [5, 5.41) is 23.1. The summed E-state index contributed by atoms with van der Waals surface area (Å²) in [7, 11) is 0. The van der Waals surface area contributed by atoms with Crippen LogP contribution in [0.5, 0.6) is 0 Å². The number of unbranched alkanes of at least 4 members (excludes halogenated alkanes) is 37. The van der Waals surface area contributed by atoms with Crippen LogP contribution in [0.2, 0.25) is 0 Å². The first-order valence-electron chi connectivity index (χ1n) is 29.4. The molecule has 0 spiro atoms. The maximum absolute atomic E-state index is 12.5. The number of ether oxygens (including phenoxy) is 1. The predicted octanol–water partition coefficient (Wildman–Crippen LogP) is 18.2. The van der Waals surface area contributed by atoms with Crippen LogP contribution in [0.1, 0.15) is 303 Å². The highest BCUT2D eigenvalue weighted by molar-refractivity contribution is 5.76. The topological polar surface area (TPSA) is 95.9 Å². The van der Waals surface area contributed by atoms with Crippen LogP contribution < -0.4 is 5.32 Å². The summed E-state index contributed by atoms with van der Waals surface area (Å²) in [6, 6.07) is -0.635. The Balaban J connectivity index is 3.47. The molecule has 1 amide bonds. The Kier molecular flexibility index (Phi) is 54.6. The van der Waals surface area contributed by atoms with E-state index < -0.39 is 12.1 Å². The van der Waals surface area contributed by atoms with Crippen molar-refractivity contribution in [3.05, 3.63) is 48.6 Å². The van der Waals surface area contributed by atoms with Gasteiger partial charge in [-0.1, -0.05) is 249 Å². The van der Waals surface area contributed by atoms with Gasteiger partial charge in [-0.25, -0.2) is 0 Å². The highest BCUT2D eigenvalue weighted by Crippen LogP contribution is 2.16. The summed E-state index contributed by atoms with van der Waals surface area (Å²) < 4.78 is 5.47. The summed E-state index contributed by atoms with van der Waals surface area (Å²) in [5.74, 6) is -0.0858. The van der Waals surface area contributed by atoms with Crippen molar-refractivity contribution in [1.82, 2.24) is 5.32 Å². The third-order valence-corrected chi connectivity index (χ3v) is 13.3. The normalized spacial score (nSPS) is 13.0. The minimum absolute atomic E-state index is 0.00896. The number of rotatable bonds is 54. The Bertz CT molecular complexity index is 1130. The molecule has 0 aromatic heterocycles. The highest BCUT2D eigenvalue weighted by Gasteiger charge is 2.18. The number of nitrogens with one attached hydrogen (secondary N) is 1. The molecule has 6 heteroatoms. The number of allylic oxidation sites excluding steroid dienone is 7. The summed E-state index contributed by atoms with van der Waals surface area (Å²) >= 11 is 0. The number of hydrogen-bond donors (Lipinski definition) is 3. The number of aliphatic hydroxyl groups is 2. The van der Waals surface area contributed by atoms with Crippen LogP contribution in [0.15, 0.2) is 48.6 Å². The minimum Gasteiger partial charge on any atom is -0.466 e. The van der Waals surface area contributed by atoms with Crippen molar-refractivity contribution in [1.29, 1.82) is 0 Å². The average molecular weight is 941 g/mol. The Morgan fingerprint density at radius 2 is 0.746 bits per heavy atom. The van der Waals surface area contributed by atoms with Crippen molar-refractivity contribution in [3.8, 4) is 0 Å². The molecule has 0 rings (SSSR count). The van der Waals surface area contributed by atoms with E-state index in [0.29, 0.717) is 19.4 Å². The van der Waals surface area contributed by atoms with Crippen molar-refractivity contribution in [2.75, 3.05) is 13.2 Å². The summed E-state index contributed by atoms with van der Waals surface area (Å²) in [6.07, 6.45) is 71.3. The third-order valence-electron chi connectivity index (χ3n) is 13.3. The molecule has 0 heterocycles. The van der Waals surface area contributed by atoms with Crippen molar-refractivity contribution in [3.63, 3.8) is 0 Å². The SMILES string of the molecule is CCCCC/C=C\C/C=C\CCCCCCCC(=O)OCCCCCCCCCCC/C=C\CCCCCCCCCC(=O)NC(CO)C(O)/C=C/CCCCCCCCCCCCCCC. The van der Waals surface area contributed by atoms with E-state index >= 15 is 0 Å². The van der Waals surface area contributed by atoms with E-state index in [1.807, 2.05) is 6.08 Å². The van der Waals surface area contributed by atoms with Crippen LogP contribution >= 0.6 is 0 Å². The zero-order valence-corrected chi connectivity index (χ0v) is 44.6. The molecule has 2 unspecified atom stereocenters. The molecular weight excluding hydrogens is 827 g/mol. The molecule has 0 bridgehead atoms. The van der Waals surface area contributed by atoms with E-state index in [9.17, 15) is 19.8 Å². The molecule has 0 radical (unpaired) electrons. The van der Waals surface area contributed by atoms with Gasteiger partial charge in [0, 0.05) is 12.8 Å². The Morgan fingerprint density at radius 3 is 1.18 bits per heavy atom. The number of aliphatic hydroxyl groups excluding tert-OH is 2. The predicted molar refractivity (Wildman–Crippen MR) is 292 cm³/mol. The second-order valence-electron chi connectivity index (χ2n) is 20.0. The first-order valence-corrected chi connectivity index (χ1v) is 29.4. The molecule has 0 aliphatic carbocycles. The van der Waals surface area contributed by atoms with E-state index in [0.717, 1.165) is 57.8 Å². The van der Waals surface area contributed by atoms with E-state index in [1.54, 1.807) is 6.08 Å². The first kappa shape index (κ1) is 64.8. The van der Waals surface area contributed by atoms with Gasteiger partial charge in [0.15, 0.2) is 0 Å². The van der Waals surface area contributed by atoms with Gasteiger partial charge < -0.3 is 20.3 Å². The summed E-state index contributed by atoms with van der Waals surface area (Å²) in [6.45, 7) is 4.86. The fraction of sp³-hybridized carbons (Fsp3) is 0.836. The van der Waals surface area contributed by atoms with Gasteiger partial charge in [-0.3, -0.25) is 9.59 Å². The highest BCUT2D eigenvalue weighted by atomic mass is 16.5. The number of amides is 1. The lowest BCUT2D eigenvalue weighted by molar-refractivity contribution is -0.143. The molecule has 0 aliphatic rings. The van der Waals surface area contributed by atoms with Crippen LogP contribution in [-0.2, 0) is 14.3 Å². The lowest BCUT2D eigenvalue weighted by Crippen LogP contribution is -2.45. The van der Waals surface area contributed by atoms with Gasteiger partial charge in [0.1, 0.15) is 0 Å². The Morgan fingerprint density at radius 1 is 0.418 bits per heavy atom. The fourth-order valence-electron chi connectivity index (χ4n) is 8.78. The summed E-state index contributed by atoms with van der Waals surface area (Å²) in [4.78, 5) is 24.5. The van der Waals surface area contributed by atoms with Crippen molar-refractivity contribution >= 4 is 11.9 Å². The van der Waals surface area contributed by atoms with Crippen LogP contribution in [0.4, 0.5) is 0 Å². The van der Waals surface area contributed by atoms with Gasteiger partial charge in [-0.05, 0) is 89.9 Å². The molecule has 0 fully saturated rings. The standard InChI is InChI=1S/C61H113NO5/c1-3-5-7-9-11-13-15-17-25-29-33-37-41-45-49-53-59(64)58(57-63)62-60(65)54-50-46-42-38-34-30-27-23-21-19-20-22-24-28-32-36-40-44-48-52-56-67-61(66)55-51-47-43-39-35-31-26-18-16-14-12-10-8-6-4-2/h12,14,18-19,21,26,49,53,58-59,63-64H,3-11,13,15-17,20,22-25,27-48,50-52,54-57H2,1-2H3,(H,62,65)/b14-12-,21-19-,26-18-,53-49+. The molecule has 0 saturated carbocycles. The molecule has 0 aromatic carbocycles. The average Bonchev–Trinajstić information content (AvgIpc) is 3.33. The number of hydrogen-bond acceptors (Lipinski definition) is 5. The van der Waals surface area contributed by atoms with Gasteiger partial charge in [0.2, 0.25) is 5.91 Å². The van der Waals surface area contributed by atoms with Crippen molar-refractivity contribution < 1.29 is 24.5 Å². The quantitative estimate of drug-likeness (QED) is 0.0321. The van der Waals surface area contributed by atoms with Crippen LogP contribution in [-0.4, -0.2) is 47.4 Å². The number of esters is 1.